The number of imidazole rings is 1. The number of hydrogen-bond donors (Lipinski definition) is 0. The molecule has 0 atom stereocenters. The van der Waals surface area contributed by atoms with Crippen molar-refractivity contribution in [1.82, 2.24) is 9.38 Å². The minimum Gasteiger partial charge on any atom is -0.298 e. The van der Waals surface area contributed by atoms with E-state index in [4.69, 9.17) is 4.98 Å². The van der Waals surface area contributed by atoms with Crippen molar-refractivity contribution in [1.29, 1.82) is 0 Å². The van der Waals surface area contributed by atoms with Crippen molar-refractivity contribution in [2.45, 2.75) is 12.8 Å². The molecule has 0 bridgehead atoms. The molecule has 0 saturated heterocycles. The van der Waals surface area contributed by atoms with Crippen LogP contribution in [0.3, 0.4) is 0 Å². The zero-order valence-electron chi connectivity index (χ0n) is 29.3. The predicted octanol–water partition coefficient (Wildman–Crippen LogP) is 13.7. The Hall–Kier alpha value is -6.77. The summed E-state index contributed by atoms with van der Waals surface area (Å²) in [6, 6.07) is 61.3. The van der Waals surface area contributed by atoms with Gasteiger partial charge in [-0.05, 0) is 86.0 Å². The van der Waals surface area contributed by atoms with Crippen LogP contribution in [0.2, 0.25) is 0 Å². The van der Waals surface area contributed by atoms with Gasteiger partial charge >= 0.3 is 0 Å². The van der Waals surface area contributed by atoms with Crippen LogP contribution in [0.5, 0.6) is 0 Å². The van der Waals surface area contributed by atoms with Crippen molar-refractivity contribution in [2.75, 3.05) is 0 Å². The first-order valence-corrected chi connectivity index (χ1v) is 18.5. The lowest BCUT2D eigenvalue weighted by molar-refractivity contribution is 1.04. The van der Waals surface area contributed by atoms with Gasteiger partial charge in [-0.2, -0.15) is 0 Å². The first kappa shape index (κ1) is 31.0. The van der Waals surface area contributed by atoms with Gasteiger partial charge in [0.2, 0.25) is 0 Å². The average Bonchev–Trinajstić information content (AvgIpc) is 3.63. The third kappa shape index (κ3) is 5.39. The van der Waals surface area contributed by atoms with Gasteiger partial charge < -0.3 is 0 Å². The second-order valence-electron chi connectivity index (χ2n) is 13.8. The Balaban J connectivity index is 1.31. The van der Waals surface area contributed by atoms with E-state index >= 15 is 0 Å². The molecule has 1 aliphatic rings. The lowest BCUT2D eigenvalue weighted by atomic mass is 9.88. The normalized spacial score (nSPS) is 12.8. The smallest absolute Gasteiger partial charge is 0.145 e. The first-order chi connectivity index (χ1) is 26.3. The molecule has 10 rings (SSSR count). The standard InChI is InChI=1S/C51H36N2/c1-4-18-35(19-5-1)39-24-10-11-27-42(39)38-32-47(43-28-14-12-25-40(43)36-20-6-2-7-21-36)50-49(33-38)53-34-48(45-30-16-17-31-46(45)51(53)52-50)44-29-15-13-26-41(44)37-22-8-3-9-23-37/h1,3-6,8-34H,2,7H2. The zero-order chi connectivity index (χ0) is 35.1. The van der Waals surface area contributed by atoms with E-state index in [0.29, 0.717) is 0 Å². The van der Waals surface area contributed by atoms with Crippen molar-refractivity contribution in [3.05, 3.63) is 200 Å². The van der Waals surface area contributed by atoms with Crippen molar-refractivity contribution in [2.24, 2.45) is 0 Å². The number of fused-ring (bicyclic) bond motifs is 5. The van der Waals surface area contributed by atoms with Crippen LogP contribution in [0.1, 0.15) is 18.4 Å². The Kier molecular flexibility index (Phi) is 7.66. The van der Waals surface area contributed by atoms with Gasteiger partial charge in [0.1, 0.15) is 5.65 Å². The van der Waals surface area contributed by atoms with Crippen molar-refractivity contribution < 1.29 is 0 Å². The topological polar surface area (TPSA) is 17.3 Å². The van der Waals surface area contributed by atoms with Crippen LogP contribution >= 0.6 is 0 Å². The summed E-state index contributed by atoms with van der Waals surface area (Å²) in [5, 5.41) is 2.32. The maximum Gasteiger partial charge on any atom is 0.145 e. The molecule has 7 aromatic carbocycles. The quantitative estimate of drug-likeness (QED) is 0.171. The molecule has 2 aromatic heterocycles. The first-order valence-electron chi connectivity index (χ1n) is 18.5. The van der Waals surface area contributed by atoms with Gasteiger partial charge in [0.25, 0.3) is 0 Å². The van der Waals surface area contributed by atoms with Crippen LogP contribution in [0.4, 0.5) is 0 Å². The number of allylic oxidation sites excluding steroid dienone is 4. The molecule has 0 fully saturated rings. The van der Waals surface area contributed by atoms with Crippen LogP contribution in [-0.2, 0) is 0 Å². The molecule has 0 aliphatic heterocycles. The maximum absolute atomic E-state index is 5.56. The van der Waals surface area contributed by atoms with Gasteiger partial charge in [-0.25, -0.2) is 4.98 Å². The van der Waals surface area contributed by atoms with E-state index in [1.807, 2.05) is 0 Å². The van der Waals surface area contributed by atoms with Crippen molar-refractivity contribution in [3.63, 3.8) is 0 Å². The van der Waals surface area contributed by atoms with E-state index in [1.54, 1.807) is 0 Å². The van der Waals surface area contributed by atoms with Gasteiger partial charge in [-0.15, -0.1) is 0 Å². The molecular weight excluding hydrogens is 641 g/mol. The van der Waals surface area contributed by atoms with Gasteiger partial charge in [0.15, 0.2) is 0 Å². The van der Waals surface area contributed by atoms with Gasteiger partial charge in [-0.3, -0.25) is 4.40 Å². The summed E-state index contributed by atoms with van der Waals surface area (Å²) in [5.74, 6) is 0. The van der Waals surface area contributed by atoms with Crippen LogP contribution in [0, 0.1) is 0 Å². The van der Waals surface area contributed by atoms with E-state index in [1.165, 1.54) is 61.0 Å². The van der Waals surface area contributed by atoms with Crippen molar-refractivity contribution >= 4 is 33.0 Å². The summed E-state index contributed by atoms with van der Waals surface area (Å²) >= 11 is 0. The lowest BCUT2D eigenvalue weighted by Gasteiger charge is -2.16. The highest BCUT2D eigenvalue weighted by atomic mass is 15.0. The Bertz CT molecular complexity index is 2870. The van der Waals surface area contributed by atoms with Crippen LogP contribution in [0.15, 0.2) is 194 Å². The lowest BCUT2D eigenvalue weighted by Crippen LogP contribution is -1.94. The summed E-state index contributed by atoms with van der Waals surface area (Å²) in [7, 11) is 0. The summed E-state index contributed by atoms with van der Waals surface area (Å²) in [5.41, 5.74) is 17.4. The number of hydrogen-bond acceptors (Lipinski definition) is 1. The molecule has 0 N–H and O–H groups in total. The van der Waals surface area contributed by atoms with Crippen LogP contribution in [-0.4, -0.2) is 9.38 Å². The Morgan fingerprint density at radius 3 is 1.58 bits per heavy atom. The molecule has 250 valence electrons. The molecule has 0 spiro atoms. The number of rotatable bonds is 6. The largest absolute Gasteiger partial charge is 0.298 e. The Labute approximate surface area is 309 Å². The van der Waals surface area contributed by atoms with Gasteiger partial charge in [0.05, 0.1) is 11.0 Å². The number of aromatic nitrogens is 2. The molecule has 1 aliphatic carbocycles. The summed E-state index contributed by atoms with van der Waals surface area (Å²) in [6.45, 7) is 0. The molecule has 53 heavy (non-hydrogen) atoms. The van der Waals surface area contributed by atoms with Gasteiger partial charge in [0, 0.05) is 22.7 Å². The molecule has 0 saturated carbocycles. The summed E-state index contributed by atoms with van der Waals surface area (Å²) in [6.07, 6.45) is 11.4. The predicted molar refractivity (Wildman–Crippen MR) is 224 cm³/mol. The molecule has 9 aromatic rings. The molecule has 2 heterocycles. The second-order valence-corrected chi connectivity index (χ2v) is 13.8. The zero-order valence-corrected chi connectivity index (χ0v) is 29.3. The van der Waals surface area contributed by atoms with E-state index in [0.717, 1.165) is 46.0 Å². The van der Waals surface area contributed by atoms with E-state index in [2.05, 4.69) is 199 Å². The molecule has 2 heteroatoms. The molecular formula is C51H36N2. The average molecular weight is 677 g/mol. The number of pyridine rings is 1. The van der Waals surface area contributed by atoms with Crippen LogP contribution in [0.25, 0.3) is 88.7 Å². The minimum absolute atomic E-state index is 0.959. The highest BCUT2D eigenvalue weighted by Crippen LogP contribution is 2.43. The summed E-state index contributed by atoms with van der Waals surface area (Å²) in [4.78, 5) is 5.56. The molecule has 0 radical (unpaired) electrons. The van der Waals surface area contributed by atoms with E-state index in [-0.39, 0.29) is 0 Å². The minimum atomic E-state index is 0.959. The van der Waals surface area contributed by atoms with E-state index < -0.39 is 0 Å². The third-order valence-corrected chi connectivity index (χ3v) is 10.7. The fourth-order valence-corrected chi connectivity index (χ4v) is 8.18. The SMILES string of the molecule is C1=CC(c2ccccc2-c2cc(-c3ccccc3-c3ccccc3)cc3c2nc2c4ccccc4c(-c4ccccc4-c4ccccc4)cn32)=CCC1. The fraction of sp³-hybridized carbons (Fsp3) is 0.0392. The van der Waals surface area contributed by atoms with Crippen LogP contribution < -0.4 is 0 Å². The van der Waals surface area contributed by atoms with Gasteiger partial charge in [-0.1, -0.05) is 176 Å². The third-order valence-electron chi connectivity index (χ3n) is 10.7. The number of nitrogens with zero attached hydrogens (tertiary/aromatic N) is 2. The fourth-order valence-electron chi connectivity index (χ4n) is 8.18. The highest BCUT2D eigenvalue weighted by molar-refractivity contribution is 6.10. The highest BCUT2D eigenvalue weighted by Gasteiger charge is 2.21. The molecule has 0 unspecified atom stereocenters. The number of benzene rings is 7. The molecule has 2 nitrogen and oxygen atoms in total. The Morgan fingerprint density at radius 1 is 0.415 bits per heavy atom. The monoisotopic (exact) mass is 676 g/mol. The summed E-state index contributed by atoms with van der Waals surface area (Å²) < 4.78 is 2.34. The van der Waals surface area contributed by atoms with E-state index in [9.17, 15) is 0 Å². The Morgan fingerprint density at radius 2 is 0.943 bits per heavy atom. The molecule has 0 amide bonds. The maximum atomic E-state index is 5.56. The second kappa shape index (κ2) is 13.1. The van der Waals surface area contributed by atoms with Crippen molar-refractivity contribution in [3.8, 4) is 55.6 Å².